The third kappa shape index (κ3) is 3.46. The van der Waals surface area contributed by atoms with Crippen molar-refractivity contribution in [2.75, 3.05) is 6.54 Å². The zero-order valence-corrected chi connectivity index (χ0v) is 12.1. The van der Waals surface area contributed by atoms with E-state index in [1.165, 1.54) is 12.1 Å². The number of nitrogens with one attached hydrogen (secondary N) is 1. The Labute approximate surface area is 123 Å². The Bertz CT molecular complexity index is 621. The summed E-state index contributed by atoms with van der Waals surface area (Å²) in [5.74, 6) is -0.370. The van der Waals surface area contributed by atoms with Crippen molar-refractivity contribution in [1.82, 2.24) is 15.1 Å². The molecule has 0 radical (unpaired) electrons. The second kappa shape index (κ2) is 6.49. The van der Waals surface area contributed by atoms with Gasteiger partial charge in [-0.05, 0) is 38.1 Å². The van der Waals surface area contributed by atoms with Gasteiger partial charge >= 0.3 is 0 Å². The molecule has 112 valence electrons. The van der Waals surface area contributed by atoms with Gasteiger partial charge in [-0.25, -0.2) is 9.07 Å². The highest BCUT2D eigenvalue weighted by Crippen LogP contribution is 2.20. The predicted octanol–water partition coefficient (Wildman–Crippen LogP) is 1.85. The standard InChI is InChI=1S/C15H19FN4O/c1-10(19-15(21)7-8-17)14-9-18-20(11(14)2)13-5-3-12(16)4-6-13/h3-6,9-10H,7-8,17H2,1-2H3,(H,19,21). The van der Waals surface area contributed by atoms with E-state index in [-0.39, 0.29) is 17.8 Å². The third-order valence-electron chi connectivity index (χ3n) is 3.33. The predicted molar refractivity (Wildman–Crippen MR) is 78.5 cm³/mol. The second-order valence-electron chi connectivity index (χ2n) is 4.90. The molecular formula is C15H19FN4O. The average molecular weight is 290 g/mol. The van der Waals surface area contributed by atoms with Crippen LogP contribution in [-0.2, 0) is 4.79 Å². The molecule has 0 spiro atoms. The minimum Gasteiger partial charge on any atom is -0.349 e. The van der Waals surface area contributed by atoms with Crippen LogP contribution in [0, 0.1) is 12.7 Å². The number of carbonyl (C=O) groups is 1. The largest absolute Gasteiger partial charge is 0.349 e. The van der Waals surface area contributed by atoms with E-state index in [4.69, 9.17) is 5.73 Å². The molecule has 1 unspecified atom stereocenters. The summed E-state index contributed by atoms with van der Waals surface area (Å²) in [4.78, 5) is 11.6. The number of nitrogens with two attached hydrogens (primary N) is 1. The van der Waals surface area contributed by atoms with Crippen LogP contribution < -0.4 is 11.1 Å². The molecule has 1 aromatic carbocycles. The first-order valence-electron chi connectivity index (χ1n) is 6.83. The van der Waals surface area contributed by atoms with Gasteiger partial charge in [-0.15, -0.1) is 0 Å². The van der Waals surface area contributed by atoms with Gasteiger partial charge in [0.1, 0.15) is 5.82 Å². The summed E-state index contributed by atoms with van der Waals surface area (Å²) in [6, 6.07) is 5.96. The summed E-state index contributed by atoms with van der Waals surface area (Å²) in [7, 11) is 0. The number of rotatable bonds is 5. The fraction of sp³-hybridized carbons (Fsp3) is 0.333. The number of nitrogens with zero attached hydrogens (tertiary/aromatic N) is 2. The summed E-state index contributed by atoms with van der Waals surface area (Å²) in [5.41, 5.74) is 7.96. The molecule has 5 nitrogen and oxygen atoms in total. The van der Waals surface area contributed by atoms with E-state index in [9.17, 15) is 9.18 Å². The SMILES string of the molecule is Cc1c(C(C)NC(=O)CCN)cnn1-c1ccc(F)cc1. The molecule has 0 fully saturated rings. The van der Waals surface area contributed by atoms with Crippen LogP contribution in [0.5, 0.6) is 0 Å². The molecule has 0 aliphatic heterocycles. The fourth-order valence-electron chi connectivity index (χ4n) is 2.21. The molecule has 21 heavy (non-hydrogen) atoms. The summed E-state index contributed by atoms with van der Waals surface area (Å²) in [6.07, 6.45) is 2.02. The van der Waals surface area contributed by atoms with Crippen molar-refractivity contribution in [2.24, 2.45) is 5.73 Å². The van der Waals surface area contributed by atoms with E-state index in [1.807, 2.05) is 13.8 Å². The Kier molecular flexibility index (Phi) is 4.70. The number of halogens is 1. The lowest BCUT2D eigenvalue weighted by molar-refractivity contribution is -0.121. The maximum Gasteiger partial charge on any atom is 0.221 e. The number of hydrogen-bond acceptors (Lipinski definition) is 3. The zero-order valence-electron chi connectivity index (χ0n) is 12.1. The number of hydrogen-bond donors (Lipinski definition) is 2. The molecule has 0 saturated heterocycles. The fourth-order valence-corrected chi connectivity index (χ4v) is 2.21. The van der Waals surface area contributed by atoms with Crippen molar-refractivity contribution in [3.05, 3.63) is 47.5 Å². The van der Waals surface area contributed by atoms with E-state index < -0.39 is 0 Å². The molecule has 1 amide bonds. The molecule has 6 heteroatoms. The Morgan fingerprint density at radius 3 is 2.71 bits per heavy atom. The van der Waals surface area contributed by atoms with Crippen LogP contribution in [0.1, 0.15) is 30.6 Å². The highest BCUT2D eigenvalue weighted by molar-refractivity contribution is 5.76. The van der Waals surface area contributed by atoms with Crippen LogP contribution in [0.2, 0.25) is 0 Å². The minimum absolute atomic E-state index is 0.0843. The maximum atomic E-state index is 13.0. The lowest BCUT2D eigenvalue weighted by Crippen LogP contribution is -2.28. The third-order valence-corrected chi connectivity index (χ3v) is 3.33. The maximum absolute atomic E-state index is 13.0. The zero-order chi connectivity index (χ0) is 15.4. The highest BCUT2D eigenvalue weighted by Gasteiger charge is 2.15. The monoisotopic (exact) mass is 290 g/mol. The Balaban J connectivity index is 2.20. The molecule has 2 aromatic rings. The topological polar surface area (TPSA) is 72.9 Å². The number of carbonyl (C=O) groups excluding carboxylic acids is 1. The molecule has 0 aliphatic carbocycles. The van der Waals surface area contributed by atoms with Crippen molar-refractivity contribution in [2.45, 2.75) is 26.3 Å². The first-order chi connectivity index (χ1) is 10.0. The molecule has 0 bridgehead atoms. The van der Waals surface area contributed by atoms with E-state index >= 15 is 0 Å². The van der Waals surface area contributed by atoms with Crippen LogP contribution in [-0.4, -0.2) is 22.2 Å². The summed E-state index contributed by atoms with van der Waals surface area (Å²) in [6.45, 7) is 4.14. The molecule has 1 atom stereocenters. The van der Waals surface area contributed by atoms with E-state index in [0.717, 1.165) is 16.9 Å². The van der Waals surface area contributed by atoms with Crippen molar-refractivity contribution in [3.63, 3.8) is 0 Å². The quantitative estimate of drug-likeness (QED) is 0.882. The van der Waals surface area contributed by atoms with E-state index in [0.29, 0.717) is 13.0 Å². The Hall–Kier alpha value is -2.21. The Morgan fingerprint density at radius 2 is 2.10 bits per heavy atom. The van der Waals surface area contributed by atoms with Gasteiger partial charge in [0.2, 0.25) is 5.91 Å². The second-order valence-corrected chi connectivity index (χ2v) is 4.90. The highest BCUT2D eigenvalue weighted by atomic mass is 19.1. The first-order valence-corrected chi connectivity index (χ1v) is 6.83. The number of amides is 1. The average Bonchev–Trinajstić information content (AvgIpc) is 2.82. The van der Waals surface area contributed by atoms with Crippen molar-refractivity contribution in [3.8, 4) is 5.69 Å². The van der Waals surface area contributed by atoms with Crippen LogP contribution in [0.3, 0.4) is 0 Å². The Morgan fingerprint density at radius 1 is 1.43 bits per heavy atom. The van der Waals surface area contributed by atoms with Gasteiger partial charge in [0.05, 0.1) is 17.9 Å². The summed E-state index contributed by atoms with van der Waals surface area (Å²) >= 11 is 0. The van der Waals surface area contributed by atoms with Crippen LogP contribution in [0.25, 0.3) is 5.69 Å². The van der Waals surface area contributed by atoms with Crippen molar-refractivity contribution < 1.29 is 9.18 Å². The van der Waals surface area contributed by atoms with Gasteiger partial charge in [-0.3, -0.25) is 4.79 Å². The molecular weight excluding hydrogens is 271 g/mol. The van der Waals surface area contributed by atoms with Crippen molar-refractivity contribution in [1.29, 1.82) is 0 Å². The van der Waals surface area contributed by atoms with Gasteiger partial charge in [-0.1, -0.05) is 0 Å². The van der Waals surface area contributed by atoms with Crippen LogP contribution >= 0.6 is 0 Å². The van der Waals surface area contributed by atoms with Gasteiger partial charge < -0.3 is 11.1 Å². The number of benzene rings is 1. The van der Waals surface area contributed by atoms with Gasteiger partial charge in [0.25, 0.3) is 0 Å². The molecule has 1 aromatic heterocycles. The van der Waals surface area contributed by atoms with Crippen LogP contribution in [0.4, 0.5) is 4.39 Å². The van der Waals surface area contributed by atoms with E-state index in [1.54, 1.807) is 23.0 Å². The summed E-state index contributed by atoms with van der Waals surface area (Å²) < 4.78 is 14.7. The summed E-state index contributed by atoms with van der Waals surface area (Å²) in [5, 5.41) is 7.19. The lowest BCUT2D eigenvalue weighted by atomic mass is 10.1. The normalized spacial score (nSPS) is 12.2. The molecule has 2 rings (SSSR count). The molecule has 0 saturated carbocycles. The van der Waals surface area contributed by atoms with Gasteiger partial charge in [0.15, 0.2) is 0 Å². The lowest BCUT2D eigenvalue weighted by Gasteiger charge is -2.14. The minimum atomic E-state index is -0.286. The van der Waals surface area contributed by atoms with E-state index in [2.05, 4.69) is 10.4 Å². The number of aromatic nitrogens is 2. The van der Waals surface area contributed by atoms with Gasteiger partial charge in [0, 0.05) is 24.2 Å². The van der Waals surface area contributed by atoms with Gasteiger partial charge in [-0.2, -0.15) is 5.10 Å². The smallest absolute Gasteiger partial charge is 0.221 e. The van der Waals surface area contributed by atoms with Crippen molar-refractivity contribution >= 4 is 5.91 Å². The van der Waals surface area contributed by atoms with Crippen LogP contribution in [0.15, 0.2) is 30.5 Å². The molecule has 3 N–H and O–H groups in total. The molecule has 1 heterocycles. The molecule has 0 aliphatic rings. The first kappa shape index (κ1) is 15.2.